The minimum absolute atomic E-state index is 0.0320. The van der Waals surface area contributed by atoms with E-state index in [0.29, 0.717) is 38.5 Å². The number of fused-ring (bicyclic) bond motifs is 1. The standard InChI is InChI=1S/C20H16BrN5O5S/c1-29-13-4-2-11(3-5-13)19(28)23-20-26-25-18(32-20)8-17(27)24-22-9-12-6-15-16(7-14(12)21)31-10-30-15/h2-7,9H,8,10H2,1H3,(H,24,27)(H,23,26,28)/b22-9-. The molecule has 10 nitrogen and oxygen atoms in total. The van der Waals surface area contributed by atoms with Crippen LogP contribution in [0.2, 0.25) is 0 Å². The number of hydrogen-bond donors (Lipinski definition) is 2. The van der Waals surface area contributed by atoms with Crippen LogP contribution < -0.4 is 25.0 Å². The van der Waals surface area contributed by atoms with E-state index < -0.39 is 0 Å². The van der Waals surface area contributed by atoms with Gasteiger partial charge in [-0.25, -0.2) is 5.43 Å². The van der Waals surface area contributed by atoms with Crippen LogP contribution >= 0.6 is 27.3 Å². The maximum Gasteiger partial charge on any atom is 0.257 e. The molecule has 0 unspecified atom stereocenters. The number of methoxy groups -OCH3 is 1. The summed E-state index contributed by atoms with van der Waals surface area (Å²) in [4.78, 5) is 24.4. The molecule has 32 heavy (non-hydrogen) atoms. The van der Waals surface area contributed by atoms with Gasteiger partial charge in [0.05, 0.1) is 19.7 Å². The molecule has 2 aromatic carbocycles. The van der Waals surface area contributed by atoms with Crippen LogP contribution in [0, 0.1) is 0 Å². The summed E-state index contributed by atoms with van der Waals surface area (Å²) in [5.41, 5.74) is 3.60. The highest BCUT2D eigenvalue weighted by Crippen LogP contribution is 2.36. The lowest BCUT2D eigenvalue weighted by molar-refractivity contribution is -0.120. The molecule has 3 aromatic rings. The third-order valence-electron chi connectivity index (χ3n) is 4.24. The Labute approximate surface area is 194 Å². The minimum atomic E-state index is -0.373. The van der Waals surface area contributed by atoms with Crippen LogP contribution in [-0.2, 0) is 11.2 Å². The third kappa shape index (κ3) is 5.21. The molecule has 2 amide bonds. The summed E-state index contributed by atoms with van der Waals surface area (Å²) in [7, 11) is 1.55. The van der Waals surface area contributed by atoms with Crippen molar-refractivity contribution in [2.24, 2.45) is 5.10 Å². The Morgan fingerprint density at radius 3 is 2.72 bits per heavy atom. The number of anilines is 1. The van der Waals surface area contributed by atoms with Crippen LogP contribution in [0.5, 0.6) is 17.2 Å². The maximum atomic E-state index is 12.3. The summed E-state index contributed by atoms with van der Waals surface area (Å²) in [6.45, 7) is 0.170. The van der Waals surface area contributed by atoms with E-state index in [1.165, 1.54) is 6.21 Å². The van der Waals surface area contributed by atoms with Gasteiger partial charge in [-0.1, -0.05) is 11.3 Å². The number of benzene rings is 2. The lowest BCUT2D eigenvalue weighted by Gasteiger charge is -2.02. The Balaban J connectivity index is 1.30. The van der Waals surface area contributed by atoms with Gasteiger partial charge in [-0.3, -0.25) is 14.9 Å². The molecule has 0 fully saturated rings. The zero-order valence-electron chi connectivity index (χ0n) is 16.6. The van der Waals surface area contributed by atoms with Crippen LogP contribution in [0.15, 0.2) is 46.0 Å². The van der Waals surface area contributed by atoms with E-state index in [1.54, 1.807) is 43.5 Å². The van der Waals surface area contributed by atoms with Crippen molar-refractivity contribution >= 4 is 50.4 Å². The number of aromatic nitrogens is 2. The first kappa shape index (κ1) is 21.7. The second-order valence-electron chi connectivity index (χ2n) is 6.38. The van der Waals surface area contributed by atoms with E-state index in [-0.39, 0.29) is 25.0 Å². The number of hydrazone groups is 1. The Bertz CT molecular complexity index is 1180. The smallest absolute Gasteiger partial charge is 0.257 e. The molecule has 4 rings (SSSR count). The summed E-state index contributed by atoms with van der Waals surface area (Å²) in [5, 5.41) is 15.2. The van der Waals surface area contributed by atoms with Gasteiger partial charge >= 0.3 is 0 Å². The summed E-state index contributed by atoms with van der Waals surface area (Å²) in [6, 6.07) is 10.2. The Morgan fingerprint density at radius 1 is 1.22 bits per heavy atom. The van der Waals surface area contributed by atoms with Crippen LogP contribution in [0.3, 0.4) is 0 Å². The maximum absolute atomic E-state index is 12.3. The molecule has 2 N–H and O–H groups in total. The highest BCUT2D eigenvalue weighted by atomic mass is 79.9. The van der Waals surface area contributed by atoms with Gasteiger partial charge in [0.25, 0.3) is 5.91 Å². The van der Waals surface area contributed by atoms with Crippen LogP contribution in [0.4, 0.5) is 5.13 Å². The van der Waals surface area contributed by atoms with Crippen LogP contribution in [0.25, 0.3) is 0 Å². The summed E-state index contributed by atoms with van der Waals surface area (Å²) >= 11 is 4.53. The van der Waals surface area contributed by atoms with Gasteiger partial charge in [0.15, 0.2) is 11.5 Å². The third-order valence-corrected chi connectivity index (χ3v) is 5.76. The first-order chi connectivity index (χ1) is 15.5. The molecular weight excluding hydrogens is 502 g/mol. The topological polar surface area (TPSA) is 124 Å². The van der Waals surface area contributed by atoms with Crippen molar-refractivity contribution < 1.29 is 23.8 Å². The Morgan fingerprint density at radius 2 is 1.97 bits per heavy atom. The lowest BCUT2D eigenvalue weighted by Crippen LogP contribution is -2.19. The molecule has 0 bridgehead atoms. The molecule has 1 aromatic heterocycles. The van der Waals surface area contributed by atoms with Gasteiger partial charge in [-0.2, -0.15) is 5.10 Å². The Kier molecular flexibility index (Phi) is 6.61. The van der Waals surface area contributed by atoms with Crippen molar-refractivity contribution in [3.63, 3.8) is 0 Å². The number of halogens is 1. The predicted molar refractivity (Wildman–Crippen MR) is 121 cm³/mol. The lowest BCUT2D eigenvalue weighted by atomic mass is 10.2. The largest absolute Gasteiger partial charge is 0.497 e. The molecule has 1 aliphatic heterocycles. The molecule has 12 heteroatoms. The molecule has 2 heterocycles. The normalized spacial score (nSPS) is 12.1. The van der Waals surface area contributed by atoms with E-state index in [2.05, 4.69) is 42.0 Å². The average molecular weight is 518 g/mol. The summed E-state index contributed by atoms with van der Waals surface area (Å²) in [6.07, 6.45) is 1.46. The van der Waals surface area contributed by atoms with E-state index in [4.69, 9.17) is 14.2 Å². The van der Waals surface area contributed by atoms with Crippen molar-refractivity contribution in [2.45, 2.75) is 6.42 Å². The number of carbonyl (C=O) groups is 2. The quantitative estimate of drug-likeness (QED) is 0.364. The molecule has 0 aliphatic carbocycles. The molecule has 164 valence electrons. The van der Waals surface area contributed by atoms with Gasteiger partial charge in [-0.05, 0) is 52.3 Å². The number of nitrogens with zero attached hydrogens (tertiary/aromatic N) is 3. The predicted octanol–water partition coefficient (Wildman–Crippen LogP) is 2.98. The van der Waals surface area contributed by atoms with Gasteiger partial charge < -0.3 is 14.2 Å². The fourth-order valence-electron chi connectivity index (χ4n) is 2.67. The van der Waals surface area contributed by atoms with E-state index in [1.807, 2.05) is 0 Å². The van der Waals surface area contributed by atoms with Crippen molar-refractivity contribution in [3.8, 4) is 17.2 Å². The zero-order valence-corrected chi connectivity index (χ0v) is 19.0. The highest BCUT2D eigenvalue weighted by molar-refractivity contribution is 9.10. The molecule has 0 saturated heterocycles. The van der Waals surface area contributed by atoms with E-state index >= 15 is 0 Å². The monoisotopic (exact) mass is 517 g/mol. The zero-order chi connectivity index (χ0) is 22.5. The molecular formula is C20H16BrN5O5S. The molecule has 0 radical (unpaired) electrons. The first-order valence-corrected chi connectivity index (χ1v) is 10.8. The first-order valence-electron chi connectivity index (χ1n) is 9.20. The van der Waals surface area contributed by atoms with Crippen molar-refractivity contribution in [1.29, 1.82) is 0 Å². The number of rotatable bonds is 7. The molecule has 0 saturated carbocycles. The van der Waals surface area contributed by atoms with Crippen molar-refractivity contribution in [1.82, 2.24) is 15.6 Å². The second kappa shape index (κ2) is 9.75. The number of carbonyl (C=O) groups excluding carboxylic acids is 2. The van der Waals surface area contributed by atoms with Gasteiger partial charge in [0.2, 0.25) is 17.8 Å². The molecule has 0 atom stereocenters. The number of hydrogen-bond acceptors (Lipinski definition) is 9. The van der Waals surface area contributed by atoms with Gasteiger partial charge in [0, 0.05) is 15.6 Å². The second-order valence-corrected chi connectivity index (χ2v) is 8.30. The number of nitrogens with one attached hydrogen (secondary N) is 2. The van der Waals surface area contributed by atoms with E-state index in [9.17, 15) is 9.59 Å². The molecule has 0 spiro atoms. The summed E-state index contributed by atoms with van der Waals surface area (Å²) in [5.74, 6) is 1.20. The SMILES string of the molecule is COc1ccc(C(=O)Nc2nnc(CC(=O)N/N=C\c3cc4c(cc3Br)OCO4)s2)cc1. The van der Waals surface area contributed by atoms with Crippen LogP contribution in [0.1, 0.15) is 20.9 Å². The minimum Gasteiger partial charge on any atom is -0.497 e. The van der Waals surface area contributed by atoms with E-state index in [0.717, 1.165) is 15.8 Å². The highest BCUT2D eigenvalue weighted by Gasteiger charge is 2.16. The fraction of sp³-hybridized carbons (Fsp3) is 0.150. The fourth-order valence-corrected chi connectivity index (χ4v) is 3.83. The number of ether oxygens (including phenoxy) is 3. The molecule has 1 aliphatic rings. The number of amides is 2. The van der Waals surface area contributed by atoms with Crippen molar-refractivity contribution in [2.75, 3.05) is 19.2 Å². The average Bonchev–Trinajstić information content (AvgIpc) is 3.42. The summed E-state index contributed by atoms with van der Waals surface area (Å²) < 4.78 is 16.4. The van der Waals surface area contributed by atoms with Gasteiger partial charge in [0.1, 0.15) is 10.8 Å². The van der Waals surface area contributed by atoms with Crippen LogP contribution in [-0.4, -0.2) is 42.1 Å². The van der Waals surface area contributed by atoms with Gasteiger partial charge in [-0.15, -0.1) is 10.2 Å². The Hall–Kier alpha value is -3.51. The van der Waals surface area contributed by atoms with Crippen molar-refractivity contribution in [3.05, 3.63) is 57.0 Å².